The van der Waals surface area contributed by atoms with E-state index in [1.807, 2.05) is 0 Å². The van der Waals surface area contributed by atoms with Crippen LogP contribution in [0.15, 0.2) is 40.7 Å². The van der Waals surface area contributed by atoms with Gasteiger partial charge >= 0.3 is 11.9 Å². The third-order valence-corrected chi connectivity index (χ3v) is 4.75. The molecule has 0 aromatic heterocycles. The first-order chi connectivity index (χ1) is 14.7. The molecule has 0 fully saturated rings. The van der Waals surface area contributed by atoms with E-state index < -0.39 is 29.1 Å². The summed E-state index contributed by atoms with van der Waals surface area (Å²) >= 11 is 0. The van der Waals surface area contributed by atoms with Crippen molar-refractivity contribution in [3.8, 4) is 11.5 Å². The van der Waals surface area contributed by atoms with Gasteiger partial charge in [0.2, 0.25) is 0 Å². The van der Waals surface area contributed by atoms with Crippen LogP contribution in [0.3, 0.4) is 0 Å². The number of ether oxygens (including phenoxy) is 4. The van der Waals surface area contributed by atoms with E-state index in [-0.39, 0.29) is 0 Å². The first kappa shape index (κ1) is 25.3. The van der Waals surface area contributed by atoms with E-state index in [9.17, 15) is 9.59 Å². The molecule has 0 aliphatic carbocycles. The van der Waals surface area contributed by atoms with Crippen LogP contribution in [0.1, 0.15) is 66.9 Å². The molecule has 1 aromatic carbocycles. The average molecular weight is 446 g/mol. The van der Waals surface area contributed by atoms with Crippen molar-refractivity contribution in [1.82, 2.24) is 5.32 Å². The first-order valence-electron chi connectivity index (χ1n) is 10.6. The third kappa shape index (κ3) is 5.84. The fourth-order valence-electron chi connectivity index (χ4n) is 3.57. The summed E-state index contributed by atoms with van der Waals surface area (Å²) in [6.07, 6.45) is 0. The van der Waals surface area contributed by atoms with E-state index in [0.717, 1.165) is 0 Å². The maximum Gasteiger partial charge on any atom is 0.337 e. The Morgan fingerprint density at radius 3 is 1.66 bits per heavy atom. The van der Waals surface area contributed by atoms with Gasteiger partial charge in [-0.15, -0.1) is 0 Å². The quantitative estimate of drug-likeness (QED) is 0.662. The lowest BCUT2D eigenvalue weighted by atomic mass is 9.79. The van der Waals surface area contributed by atoms with Gasteiger partial charge in [0.25, 0.3) is 0 Å². The second kappa shape index (κ2) is 9.27. The van der Waals surface area contributed by atoms with Crippen molar-refractivity contribution < 1.29 is 28.5 Å². The number of hydrogen-bond acceptors (Lipinski definition) is 7. The molecule has 0 saturated heterocycles. The smallest absolute Gasteiger partial charge is 0.337 e. The largest absolute Gasteiger partial charge is 0.497 e. The summed E-state index contributed by atoms with van der Waals surface area (Å²) in [5.74, 6) is -0.697. The van der Waals surface area contributed by atoms with Crippen molar-refractivity contribution in [3.05, 3.63) is 46.3 Å². The van der Waals surface area contributed by atoms with Crippen molar-refractivity contribution in [2.24, 2.45) is 0 Å². The average Bonchev–Trinajstić information content (AvgIpc) is 2.63. The van der Waals surface area contributed by atoms with Crippen molar-refractivity contribution in [2.45, 2.75) is 72.5 Å². The van der Waals surface area contributed by atoms with Crippen LogP contribution >= 0.6 is 0 Å². The molecule has 7 nitrogen and oxygen atoms in total. The van der Waals surface area contributed by atoms with Crippen molar-refractivity contribution in [1.29, 1.82) is 0 Å². The van der Waals surface area contributed by atoms with E-state index in [0.29, 0.717) is 39.6 Å². The molecule has 0 bridgehead atoms. The molecule has 7 heteroatoms. The van der Waals surface area contributed by atoms with Crippen LogP contribution in [0.5, 0.6) is 11.5 Å². The molecule has 2 rings (SSSR count). The second-order valence-electron chi connectivity index (χ2n) is 9.75. The minimum atomic E-state index is -0.748. The Hall–Kier alpha value is -2.96. The standard InChI is InChI=1S/C25H35NO6/c1-14-19(22(27)31-24(3,4)5)21(17-12-11-16(29-9)13-18(17)30-10)20(15(2)26-14)23(28)32-25(6,7)8/h11-13,21,26H,1-10H3. The van der Waals surface area contributed by atoms with Gasteiger partial charge in [-0.2, -0.15) is 0 Å². The minimum absolute atomic E-state index is 0.329. The molecular formula is C25H35NO6. The SMILES string of the molecule is COc1ccc(C2C(C(=O)OC(C)(C)C)=C(C)NC(C)=C2C(=O)OC(C)(C)C)c(OC)c1. The summed E-state index contributed by atoms with van der Waals surface area (Å²) in [7, 11) is 3.10. The number of esters is 2. The lowest BCUT2D eigenvalue weighted by Gasteiger charge is -2.33. The maximum absolute atomic E-state index is 13.3. The fourth-order valence-corrected chi connectivity index (χ4v) is 3.57. The Labute approximate surface area is 190 Å². The molecule has 0 atom stereocenters. The molecule has 0 saturated carbocycles. The molecular weight excluding hydrogens is 410 g/mol. The van der Waals surface area contributed by atoms with Gasteiger partial charge in [0, 0.05) is 23.0 Å². The Morgan fingerprint density at radius 2 is 1.28 bits per heavy atom. The van der Waals surface area contributed by atoms with Crippen molar-refractivity contribution in [3.63, 3.8) is 0 Å². The maximum atomic E-state index is 13.3. The number of methoxy groups -OCH3 is 2. The van der Waals surface area contributed by atoms with Gasteiger partial charge in [0.1, 0.15) is 22.7 Å². The van der Waals surface area contributed by atoms with E-state index in [4.69, 9.17) is 18.9 Å². The Bertz CT molecular complexity index is 910. The summed E-state index contributed by atoms with van der Waals surface area (Å²) in [6.45, 7) is 14.4. The lowest BCUT2D eigenvalue weighted by Crippen LogP contribution is -2.36. The zero-order chi connectivity index (χ0) is 24.4. The predicted molar refractivity (Wildman–Crippen MR) is 123 cm³/mol. The fraction of sp³-hybridized carbons (Fsp3) is 0.520. The highest BCUT2D eigenvalue weighted by Crippen LogP contribution is 2.44. The van der Waals surface area contributed by atoms with Gasteiger partial charge in [-0.1, -0.05) is 6.07 Å². The molecule has 1 aromatic rings. The first-order valence-corrected chi connectivity index (χ1v) is 10.6. The van der Waals surface area contributed by atoms with Crippen LogP contribution < -0.4 is 14.8 Å². The van der Waals surface area contributed by atoms with E-state index in [2.05, 4.69) is 5.32 Å². The molecule has 32 heavy (non-hydrogen) atoms. The highest BCUT2D eigenvalue weighted by atomic mass is 16.6. The number of benzene rings is 1. The van der Waals surface area contributed by atoms with Crippen LogP contribution in [0.2, 0.25) is 0 Å². The van der Waals surface area contributed by atoms with Crippen LogP contribution in [0, 0.1) is 0 Å². The van der Waals surface area contributed by atoms with Crippen LogP contribution in [-0.2, 0) is 19.1 Å². The van der Waals surface area contributed by atoms with Gasteiger partial charge < -0.3 is 24.3 Å². The summed E-state index contributed by atoms with van der Waals surface area (Å²) in [6, 6.07) is 5.29. The minimum Gasteiger partial charge on any atom is -0.497 e. The summed E-state index contributed by atoms with van der Waals surface area (Å²) in [5.41, 5.74) is 1.08. The molecule has 0 amide bonds. The van der Waals surface area contributed by atoms with Gasteiger partial charge in [0.05, 0.1) is 31.3 Å². The zero-order valence-corrected chi connectivity index (χ0v) is 20.8. The molecule has 0 unspecified atom stereocenters. The predicted octanol–water partition coefficient (Wildman–Crippen LogP) is 4.62. The second-order valence-corrected chi connectivity index (χ2v) is 9.75. The molecule has 0 spiro atoms. The lowest BCUT2D eigenvalue weighted by molar-refractivity contribution is -0.150. The number of carbonyl (C=O) groups excluding carboxylic acids is 2. The van der Waals surface area contributed by atoms with Gasteiger partial charge in [-0.25, -0.2) is 9.59 Å². The highest BCUT2D eigenvalue weighted by molar-refractivity contribution is 6.00. The Balaban J connectivity index is 2.75. The Kier molecular flexibility index (Phi) is 7.33. The number of hydrogen-bond donors (Lipinski definition) is 1. The van der Waals surface area contributed by atoms with E-state index in [1.54, 1.807) is 80.7 Å². The summed E-state index contributed by atoms with van der Waals surface area (Å²) < 4.78 is 22.4. The third-order valence-electron chi connectivity index (χ3n) is 4.75. The monoisotopic (exact) mass is 445 g/mol. The molecule has 1 aliphatic heterocycles. The molecule has 1 N–H and O–H groups in total. The Morgan fingerprint density at radius 1 is 0.812 bits per heavy atom. The van der Waals surface area contributed by atoms with Crippen LogP contribution in [0.25, 0.3) is 0 Å². The normalized spacial score (nSPS) is 15.3. The number of carbonyl (C=O) groups is 2. The molecule has 1 heterocycles. The number of rotatable bonds is 5. The van der Waals surface area contributed by atoms with Gasteiger partial charge in [-0.05, 0) is 61.5 Å². The number of allylic oxidation sites excluding steroid dienone is 2. The number of dihydropyridines is 1. The van der Waals surface area contributed by atoms with E-state index in [1.165, 1.54) is 7.11 Å². The van der Waals surface area contributed by atoms with Crippen molar-refractivity contribution in [2.75, 3.05) is 14.2 Å². The topological polar surface area (TPSA) is 83.1 Å². The van der Waals surface area contributed by atoms with Crippen LogP contribution in [-0.4, -0.2) is 37.4 Å². The summed E-state index contributed by atoms with van der Waals surface area (Å²) in [4.78, 5) is 26.7. The highest BCUT2D eigenvalue weighted by Gasteiger charge is 2.41. The van der Waals surface area contributed by atoms with Crippen LogP contribution in [0.4, 0.5) is 0 Å². The molecule has 0 radical (unpaired) electrons. The number of nitrogens with one attached hydrogen (secondary N) is 1. The van der Waals surface area contributed by atoms with Gasteiger partial charge in [0.15, 0.2) is 0 Å². The summed E-state index contributed by atoms with van der Waals surface area (Å²) in [5, 5.41) is 3.16. The molecule has 176 valence electrons. The van der Waals surface area contributed by atoms with Gasteiger partial charge in [-0.3, -0.25) is 0 Å². The zero-order valence-electron chi connectivity index (χ0n) is 20.8. The van der Waals surface area contributed by atoms with E-state index >= 15 is 0 Å². The molecule has 1 aliphatic rings. The van der Waals surface area contributed by atoms with Crippen molar-refractivity contribution >= 4 is 11.9 Å².